The molecule has 0 radical (unpaired) electrons. The van der Waals surface area contributed by atoms with Crippen molar-refractivity contribution in [3.05, 3.63) is 117 Å². The predicted octanol–water partition coefficient (Wildman–Crippen LogP) is 6.24. The second-order valence-corrected chi connectivity index (χ2v) is 10.1. The maximum atomic E-state index is 12.7. The summed E-state index contributed by atoms with van der Waals surface area (Å²) in [6.45, 7) is 0. The van der Waals surface area contributed by atoms with Crippen LogP contribution >= 0.6 is 11.3 Å². The molecule has 0 bridgehead atoms. The van der Waals surface area contributed by atoms with Crippen LogP contribution in [0.3, 0.4) is 0 Å². The molecule has 1 aliphatic rings. The molecule has 0 amide bonds. The van der Waals surface area contributed by atoms with Crippen molar-refractivity contribution in [1.29, 1.82) is 0 Å². The molecular formula is C26H21NO2S2. The molecule has 0 atom stereocenters. The maximum absolute atomic E-state index is 12.7. The third-order valence-electron chi connectivity index (χ3n) is 5.47. The summed E-state index contributed by atoms with van der Waals surface area (Å²) in [5, 5.41) is 2.15. The fourth-order valence-electron chi connectivity index (χ4n) is 3.98. The average molecular weight is 444 g/mol. The molecule has 0 saturated carbocycles. The van der Waals surface area contributed by atoms with Gasteiger partial charge in [-0.05, 0) is 76.9 Å². The molecule has 4 aromatic rings. The van der Waals surface area contributed by atoms with Crippen molar-refractivity contribution < 1.29 is 8.42 Å². The van der Waals surface area contributed by atoms with Gasteiger partial charge in [-0.25, -0.2) is 8.42 Å². The van der Waals surface area contributed by atoms with Crippen LogP contribution in [0, 0.1) is 0 Å². The van der Waals surface area contributed by atoms with Crippen molar-refractivity contribution in [2.75, 3.05) is 4.72 Å². The highest BCUT2D eigenvalue weighted by atomic mass is 32.2. The Morgan fingerprint density at radius 1 is 0.806 bits per heavy atom. The van der Waals surface area contributed by atoms with Gasteiger partial charge in [-0.3, -0.25) is 4.72 Å². The zero-order valence-electron chi connectivity index (χ0n) is 16.8. The summed E-state index contributed by atoms with van der Waals surface area (Å²) in [4.78, 5) is 1.54. The van der Waals surface area contributed by atoms with Gasteiger partial charge in [-0.1, -0.05) is 54.6 Å². The monoisotopic (exact) mass is 443 g/mol. The third-order valence-corrected chi connectivity index (χ3v) is 7.85. The Hall–Kier alpha value is -3.15. The fraction of sp³-hybridized carbons (Fsp3) is 0.0769. The van der Waals surface area contributed by atoms with E-state index in [1.807, 2.05) is 18.2 Å². The van der Waals surface area contributed by atoms with Crippen molar-refractivity contribution in [3.8, 4) is 0 Å². The first kappa shape index (κ1) is 19.8. The summed E-state index contributed by atoms with van der Waals surface area (Å²) in [5.41, 5.74) is 6.66. The molecule has 1 aliphatic carbocycles. The lowest BCUT2D eigenvalue weighted by Crippen LogP contribution is -2.12. The Balaban J connectivity index is 1.55. The molecule has 0 spiro atoms. The minimum atomic E-state index is -3.63. The lowest BCUT2D eigenvalue weighted by molar-refractivity contribution is 0.601. The van der Waals surface area contributed by atoms with Crippen LogP contribution in [0.5, 0.6) is 0 Å². The molecule has 3 aromatic carbocycles. The number of nitrogens with one attached hydrogen (secondary N) is 1. The number of hydrogen-bond acceptors (Lipinski definition) is 3. The number of sulfonamides is 1. The van der Waals surface area contributed by atoms with Crippen LogP contribution in [0.4, 0.5) is 5.69 Å². The molecule has 1 N–H and O–H groups in total. The van der Waals surface area contributed by atoms with E-state index in [4.69, 9.17) is 0 Å². The van der Waals surface area contributed by atoms with Crippen molar-refractivity contribution in [3.63, 3.8) is 0 Å². The highest BCUT2D eigenvalue weighted by Gasteiger charge is 2.19. The second-order valence-electron chi connectivity index (χ2n) is 7.53. The smallest absolute Gasteiger partial charge is 0.261 e. The van der Waals surface area contributed by atoms with Crippen molar-refractivity contribution in [1.82, 2.24) is 0 Å². The van der Waals surface area contributed by atoms with E-state index in [0.717, 1.165) is 18.4 Å². The van der Waals surface area contributed by atoms with Crippen molar-refractivity contribution in [2.45, 2.75) is 17.7 Å². The van der Waals surface area contributed by atoms with E-state index in [1.165, 1.54) is 27.1 Å². The van der Waals surface area contributed by atoms with Gasteiger partial charge < -0.3 is 0 Å². The number of benzene rings is 3. The first-order valence-electron chi connectivity index (χ1n) is 10.1. The summed E-state index contributed by atoms with van der Waals surface area (Å²) in [6.07, 6.45) is 4.22. The molecule has 0 aliphatic heterocycles. The average Bonchev–Trinajstić information content (AvgIpc) is 3.20. The largest absolute Gasteiger partial charge is 0.280 e. The number of fused-ring (bicyclic) bond motifs is 2. The van der Waals surface area contributed by atoms with Crippen molar-refractivity contribution in [2.24, 2.45) is 0 Å². The summed E-state index contributed by atoms with van der Waals surface area (Å²) in [7, 11) is -3.63. The van der Waals surface area contributed by atoms with Gasteiger partial charge in [-0.15, -0.1) is 11.3 Å². The lowest BCUT2D eigenvalue weighted by Gasteiger charge is -2.11. The van der Waals surface area contributed by atoms with E-state index >= 15 is 0 Å². The molecule has 31 heavy (non-hydrogen) atoms. The van der Waals surface area contributed by atoms with Crippen LogP contribution in [0.2, 0.25) is 0 Å². The predicted molar refractivity (Wildman–Crippen MR) is 129 cm³/mol. The lowest BCUT2D eigenvalue weighted by atomic mass is 9.97. The Bertz CT molecular complexity index is 1370. The first-order chi connectivity index (χ1) is 15.1. The first-order valence-corrected chi connectivity index (χ1v) is 12.5. The summed E-state index contributed by atoms with van der Waals surface area (Å²) < 4.78 is 28.1. The van der Waals surface area contributed by atoms with Crippen LogP contribution in [0.25, 0.3) is 11.6 Å². The van der Waals surface area contributed by atoms with Crippen LogP contribution in [0.15, 0.2) is 95.2 Å². The number of hydrogen-bond donors (Lipinski definition) is 1. The molecule has 1 aromatic heterocycles. The number of thiophene rings is 1. The standard InChI is InChI=1S/C26H21NO2S2/c28-31(29,23-10-2-1-3-11-23)27-22-9-6-7-19(17-22)18-25-24-12-5-4-8-20(24)13-14-21-15-16-30-26(21)25/h1-12,15-18,27H,13-14H2/b25-18+. The molecule has 1 heterocycles. The van der Waals surface area contributed by atoms with Gasteiger partial charge in [0.25, 0.3) is 10.0 Å². The minimum Gasteiger partial charge on any atom is -0.280 e. The Morgan fingerprint density at radius 2 is 1.58 bits per heavy atom. The van der Waals surface area contributed by atoms with E-state index in [-0.39, 0.29) is 4.90 Å². The second kappa shape index (κ2) is 8.17. The molecular weight excluding hydrogens is 422 g/mol. The molecule has 3 nitrogen and oxygen atoms in total. The molecule has 5 heteroatoms. The SMILES string of the molecule is O=S(=O)(Nc1cccc(/C=C2\c3ccccc3CCc3ccsc32)c1)c1ccccc1. The quantitative estimate of drug-likeness (QED) is 0.406. The van der Waals surface area contributed by atoms with E-state index in [1.54, 1.807) is 47.7 Å². The molecule has 0 unspecified atom stereocenters. The van der Waals surface area contributed by atoms with Gasteiger partial charge in [0.1, 0.15) is 0 Å². The molecule has 0 fully saturated rings. The zero-order chi connectivity index (χ0) is 21.3. The Morgan fingerprint density at radius 3 is 2.45 bits per heavy atom. The normalized spacial score (nSPS) is 14.5. The zero-order valence-corrected chi connectivity index (χ0v) is 18.4. The van der Waals surface area contributed by atoms with Crippen LogP contribution in [0.1, 0.15) is 27.1 Å². The summed E-state index contributed by atoms with van der Waals surface area (Å²) >= 11 is 1.76. The van der Waals surface area contributed by atoms with Crippen molar-refractivity contribution >= 4 is 38.7 Å². The highest BCUT2D eigenvalue weighted by molar-refractivity contribution is 7.92. The summed E-state index contributed by atoms with van der Waals surface area (Å²) in [6, 6.07) is 26.7. The van der Waals surface area contributed by atoms with Crippen LogP contribution < -0.4 is 4.72 Å². The van der Waals surface area contributed by atoms with Crippen LogP contribution in [-0.2, 0) is 22.9 Å². The van der Waals surface area contributed by atoms with E-state index in [2.05, 4.69) is 46.5 Å². The number of aryl methyl sites for hydroxylation is 2. The van der Waals surface area contributed by atoms with Gasteiger partial charge in [0.2, 0.25) is 0 Å². The van der Waals surface area contributed by atoms with Gasteiger partial charge in [0, 0.05) is 16.1 Å². The number of anilines is 1. The van der Waals surface area contributed by atoms with Gasteiger partial charge in [-0.2, -0.15) is 0 Å². The molecule has 5 rings (SSSR count). The fourth-order valence-corrected chi connectivity index (χ4v) is 6.03. The Labute approximate surface area is 186 Å². The van der Waals surface area contributed by atoms with Gasteiger partial charge in [0.15, 0.2) is 0 Å². The van der Waals surface area contributed by atoms with E-state index < -0.39 is 10.0 Å². The van der Waals surface area contributed by atoms with Crippen LogP contribution in [-0.4, -0.2) is 8.42 Å². The maximum Gasteiger partial charge on any atom is 0.261 e. The van der Waals surface area contributed by atoms with E-state index in [9.17, 15) is 8.42 Å². The molecule has 154 valence electrons. The number of rotatable bonds is 4. The topological polar surface area (TPSA) is 46.2 Å². The van der Waals surface area contributed by atoms with Gasteiger partial charge in [0.05, 0.1) is 4.90 Å². The summed E-state index contributed by atoms with van der Waals surface area (Å²) in [5.74, 6) is 0. The van der Waals surface area contributed by atoms with E-state index in [0.29, 0.717) is 5.69 Å². The van der Waals surface area contributed by atoms with Gasteiger partial charge >= 0.3 is 0 Å². The minimum absolute atomic E-state index is 0.250. The Kier molecular flexibility index (Phi) is 5.22. The molecule has 0 saturated heterocycles. The third kappa shape index (κ3) is 4.07. The highest BCUT2D eigenvalue weighted by Crippen LogP contribution is 2.38.